The number of pyridine rings is 1. The molecular formula is C12H16BrN5. The Hall–Kier alpha value is -1.27. The molecule has 96 valence electrons. The van der Waals surface area contributed by atoms with E-state index in [1.54, 1.807) is 17.1 Å². The van der Waals surface area contributed by atoms with E-state index in [0.717, 1.165) is 28.7 Å². The first-order valence-corrected chi connectivity index (χ1v) is 6.70. The molecule has 0 aliphatic rings. The van der Waals surface area contributed by atoms with E-state index in [2.05, 4.69) is 49.5 Å². The molecule has 6 heteroatoms. The van der Waals surface area contributed by atoms with Crippen LogP contribution in [0.1, 0.15) is 30.6 Å². The molecule has 1 N–H and O–H groups in total. The summed E-state index contributed by atoms with van der Waals surface area (Å²) in [6.45, 7) is 3.08. The van der Waals surface area contributed by atoms with E-state index in [9.17, 15) is 0 Å². The van der Waals surface area contributed by atoms with Gasteiger partial charge in [0, 0.05) is 23.9 Å². The zero-order valence-electron chi connectivity index (χ0n) is 10.5. The quantitative estimate of drug-likeness (QED) is 0.918. The number of hydrogen-bond acceptors (Lipinski definition) is 4. The highest BCUT2D eigenvalue weighted by Gasteiger charge is 2.17. The van der Waals surface area contributed by atoms with Gasteiger partial charge in [0.2, 0.25) is 0 Å². The van der Waals surface area contributed by atoms with Gasteiger partial charge in [0.15, 0.2) is 0 Å². The number of nitrogens with zero attached hydrogens (tertiary/aromatic N) is 4. The molecule has 0 radical (unpaired) electrons. The second-order valence-corrected chi connectivity index (χ2v) is 5.02. The van der Waals surface area contributed by atoms with E-state index in [1.807, 2.05) is 13.2 Å². The Labute approximate surface area is 115 Å². The van der Waals surface area contributed by atoms with Gasteiger partial charge >= 0.3 is 0 Å². The van der Waals surface area contributed by atoms with Gasteiger partial charge < -0.3 is 5.32 Å². The molecule has 0 aliphatic carbocycles. The average Bonchev–Trinajstić information content (AvgIpc) is 2.77. The van der Waals surface area contributed by atoms with Crippen molar-refractivity contribution in [3.63, 3.8) is 0 Å². The van der Waals surface area contributed by atoms with Gasteiger partial charge in [-0.15, -0.1) is 5.10 Å². The molecule has 0 fully saturated rings. The van der Waals surface area contributed by atoms with Crippen molar-refractivity contribution in [2.75, 3.05) is 6.54 Å². The molecule has 2 heterocycles. The highest BCUT2D eigenvalue weighted by molar-refractivity contribution is 9.10. The molecule has 0 saturated heterocycles. The SMILES string of the molecule is CCCNC(c1cncc(Br)c1)c1cnnn1C. The minimum Gasteiger partial charge on any atom is -0.305 e. The van der Waals surface area contributed by atoms with Crippen LogP contribution < -0.4 is 5.32 Å². The number of aryl methyl sites for hydroxylation is 1. The first-order chi connectivity index (χ1) is 8.72. The van der Waals surface area contributed by atoms with Crippen molar-refractivity contribution in [3.05, 3.63) is 40.4 Å². The summed E-state index contributed by atoms with van der Waals surface area (Å²) < 4.78 is 2.76. The fourth-order valence-corrected chi connectivity index (χ4v) is 2.21. The van der Waals surface area contributed by atoms with E-state index < -0.39 is 0 Å². The predicted molar refractivity (Wildman–Crippen MR) is 73.1 cm³/mol. The molecule has 2 rings (SSSR count). The number of halogens is 1. The monoisotopic (exact) mass is 309 g/mol. The van der Waals surface area contributed by atoms with Gasteiger partial charge in [-0.25, -0.2) is 0 Å². The van der Waals surface area contributed by atoms with Crippen molar-refractivity contribution in [2.45, 2.75) is 19.4 Å². The molecule has 0 saturated carbocycles. The fourth-order valence-electron chi connectivity index (χ4n) is 1.83. The van der Waals surface area contributed by atoms with Gasteiger partial charge in [-0.2, -0.15) is 0 Å². The number of hydrogen-bond donors (Lipinski definition) is 1. The lowest BCUT2D eigenvalue weighted by Gasteiger charge is -2.18. The molecule has 1 atom stereocenters. The van der Waals surface area contributed by atoms with Crippen LogP contribution in [-0.2, 0) is 7.05 Å². The first kappa shape index (κ1) is 13.2. The average molecular weight is 310 g/mol. The fraction of sp³-hybridized carbons (Fsp3) is 0.417. The van der Waals surface area contributed by atoms with E-state index in [1.165, 1.54) is 0 Å². The Kier molecular flexibility index (Phi) is 4.43. The summed E-state index contributed by atoms with van der Waals surface area (Å²) in [5, 5.41) is 11.4. The van der Waals surface area contributed by atoms with Crippen LogP contribution in [0.5, 0.6) is 0 Å². The Morgan fingerprint density at radius 1 is 1.39 bits per heavy atom. The van der Waals surface area contributed by atoms with Gasteiger partial charge in [-0.1, -0.05) is 12.1 Å². The minimum atomic E-state index is 0.0648. The highest BCUT2D eigenvalue weighted by Crippen LogP contribution is 2.22. The Morgan fingerprint density at radius 2 is 2.22 bits per heavy atom. The van der Waals surface area contributed by atoms with Crippen LogP contribution in [0.25, 0.3) is 0 Å². The second-order valence-electron chi connectivity index (χ2n) is 4.11. The van der Waals surface area contributed by atoms with E-state index in [4.69, 9.17) is 0 Å². The molecule has 0 spiro atoms. The predicted octanol–water partition coefficient (Wildman–Crippen LogP) is 2.06. The summed E-state index contributed by atoms with van der Waals surface area (Å²) in [6.07, 6.45) is 6.50. The molecule has 18 heavy (non-hydrogen) atoms. The van der Waals surface area contributed by atoms with Crippen LogP contribution >= 0.6 is 15.9 Å². The normalized spacial score (nSPS) is 12.6. The number of nitrogens with one attached hydrogen (secondary N) is 1. The summed E-state index contributed by atoms with van der Waals surface area (Å²) in [7, 11) is 1.90. The van der Waals surface area contributed by atoms with Crippen molar-refractivity contribution in [2.24, 2.45) is 7.05 Å². The Morgan fingerprint density at radius 3 is 2.83 bits per heavy atom. The largest absolute Gasteiger partial charge is 0.305 e. The maximum atomic E-state index is 4.22. The highest BCUT2D eigenvalue weighted by atomic mass is 79.9. The third-order valence-corrected chi connectivity index (χ3v) is 3.14. The van der Waals surface area contributed by atoms with Crippen LogP contribution in [0.3, 0.4) is 0 Å². The maximum Gasteiger partial charge on any atom is 0.0799 e. The van der Waals surface area contributed by atoms with Crippen LogP contribution in [0.2, 0.25) is 0 Å². The van der Waals surface area contributed by atoms with E-state index in [-0.39, 0.29) is 6.04 Å². The maximum absolute atomic E-state index is 4.22. The molecule has 0 bridgehead atoms. The lowest BCUT2D eigenvalue weighted by Crippen LogP contribution is -2.25. The van der Waals surface area contributed by atoms with Crippen molar-refractivity contribution in [3.8, 4) is 0 Å². The zero-order valence-corrected chi connectivity index (χ0v) is 12.1. The molecule has 1 unspecified atom stereocenters. The summed E-state index contributed by atoms with van der Waals surface area (Å²) in [6, 6.07) is 2.13. The standard InChI is InChI=1S/C12H16BrN5/c1-3-4-15-12(11-8-16-17-18(11)2)9-5-10(13)7-14-6-9/h5-8,12,15H,3-4H2,1-2H3. The molecular weight excluding hydrogens is 294 g/mol. The van der Waals surface area contributed by atoms with Crippen LogP contribution in [-0.4, -0.2) is 26.5 Å². The lowest BCUT2D eigenvalue weighted by molar-refractivity contribution is 0.549. The molecule has 2 aromatic heterocycles. The molecule has 0 amide bonds. The van der Waals surface area contributed by atoms with Crippen LogP contribution in [0, 0.1) is 0 Å². The lowest BCUT2D eigenvalue weighted by atomic mass is 10.1. The summed E-state index contributed by atoms with van der Waals surface area (Å²) in [5.74, 6) is 0. The third-order valence-electron chi connectivity index (χ3n) is 2.70. The third kappa shape index (κ3) is 2.94. The Balaban J connectivity index is 2.33. The Bertz CT molecular complexity index is 511. The number of aromatic nitrogens is 4. The topological polar surface area (TPSA) is 55.6 Å². The molecule has 0 aliphatic heterocycles. The van der Waals surface area contributed by atoms with Crippen molar-refractivity contribution in [1.82, 2.24) is 25.3 Å². The van der Waals surface area contributed by atoms with Crippen molar-refractivity contribution >= 4 is 15.9 Å². The van der Waals surface area contributed by atoms with Gasteiger partial charge in [0.25, 0.3) is 0 Å². The summed E-state index contributed by atoms with van der Waals surface area (Å²) >= 11 is 3.45. The molecule has 5 nitrogen and oxygen atoms in total. The smallest absolute Gasteiger partial charge is 0.0799 e. The van der Waals surface area contributed by atoms with Gasteiger partial charge in [-0.3, -0.25) is 9.67 Å². The van der Waals surface area contributed by atoms with E-state index in [0.29, 0.717) is 0 Å². The minimum absolute atomic E-state index is 0.0648. The van der Waals surface area contributed by atoms with Gasteiger partial charge in [0.1, 0.15) is 0 Å². The molecule has 0 aromatic carbocycles. The van der Waals surface area contributed by atoms with Crippen LogP contribution in [0.15, 0.2) is 29.1 Å². The first-order valence-electron chi connectivity index (χ1n) is 5.90. The zero-order chi connectivity index (χ0) is 13.0. The second kappa shape index (κ2) is 6.06. The number of rotatable bonds is 5. The van der Waals surface area contributed by atoms with Crippen molar-refractivity contribution < 1.29 is 0 Å². The van der Waals surface area contributed by atoms with Crippen molar-refractivity contribution in [1.29, 1.82) is 0 Å². The van der Waals surface area contributed by atoms with Gasteiger partial charge in [0.05, 0.1) is 17.9 Å². The summed E-state index contributed by atoms with van der Waals surface area (Å²) in [5.41, 5.74) is 2.13. The van der Waals surface area contributed by atoms with Crippen LogP contribution in [0.4, 0.5) is 0 Å². The van der Waals surface area contributed by atoms with Gasteiger partial charge in [-0.05, 0) is 40.5 Å². The van der Waals surface area contributed by atoms with E-state index >= 15 is 0 Å². The molecule has 2 aromatic rings. The summed E-state index contributed by atoms with van der Waals surface area (Å²) in [4.78, 5) is 4.22.